The molecule has 32 heavy (non-hydrogen) atoms. The van der Waals surface area contributed by atoms with Crippen LogP contribution >= 0.6 is 0 Å². The molecule has 0 aliphatic heterocycles. The minimum Gasteiger partial charge on any atom is -0.467 e. The smallest absolute Gasteiger partial charge is 0.408 e. The Morgan fingerprint density at radius 2 is 1.56 bits per heavy atom. The van der Waals surface area contributed by atoms with Crippen LogP contribution in [0.1, 0.15) is 30.4 Å². The summed E-state index contributed by atoms with van der Waals surface area (Å²) in [5, 5.41) is 13.9. The third kappa shape index (κ3) is 8.48. The number of rotatable bonds is 11. The second-order valence-electron chi connectivity index (χ2n) is 7.08. The summed E-state index contributed by atoms with van der Waals surface area (Å²) in [5.74, 6) is -1.15. The standard InChI is InChI=1S/C24H27N3O5/c1-31-23(29)20(14-8-9-15-25)26-22(28)21(16-18-10-4-2-5-11-18)27-24(30)32-17-19-12-6-3-7-13-19/h2-7,10-13,20-21H,8-9,14,16-17H2,1H3,(H,26,28)(H,27,30)/t20-,21+/m0/s1. The molecule has 0 aliphatic rings. The first-order chi connectivity index (χ1) is 15.5. The molecule has 2 aromatic rings. The number of esters is 1. The lowest BCUT2D eigenvalue weighted by molar-refractivity contribution is -0.145. The van der Waals surface area contributed by atoms with Gasteiger partial charge in [0.2, 0.25) is 5.91 Å². The van der Waals surface area contributed by atoms with Gasteiger partial charge in [0, 0.05) is 12.8 Å². The SMILES string of the molecule is COC(=O)[C@H](CCCC#N)NC(=O)[C@@H](Cc1ccccc1)NC(=O)OCc1ccccc1. The number of nitrogens with zero attached hydrogens (tertiary/aromatic N) is 1. The van der Waals surface area contributed by atoms with E-state index >= 15 is 0 Å². The molecule has 168 valence electrons. The average molecular weight is 437 g/mol. The zero-order valence-electron chi connectivity index (χ0n) is 18.0. The Labute approximate surface area is 187 Å². The number of carbonyl (C=O) groups excluding carboxylic acids is 3. The van der Waals surface area contributed by atoms with Gasteiger partial charge in [-0.2, -0.15) is 5.26 Å². The first-order valence-electron chi connectivity index (χ1n) is 10.3. The number of nitrogens with one attached hydrogen (secondary N) is 2. The first-order valence-corrected chi connectivity index (χ1v) is 10.3. The van der Waals surface area contributed by atoms with Crippen molar-refractivity contribution < 1.29 is 23.9 Å². The van der Waals surface area contributed by atoms with Crippen LogP contribution in [0.25, 0.3) is 0 Å². The van der Waals surface area contributed by atoms with Crippen molar-refractivity contribution in [2.75, 3.05) is 7.11 Å². The van der Waals surface area contributed by atoms with Crippen molar-refractivity contribution in [1.29, 1.82) is 5.26 Å². The van der Waals surface area contributed by atoms with Gasteiger partial charge >= 0.3 is 12.1 Å². The van der Waals surface area contributed by atoms with E-state index in [1.165, 1.54) is 7.11 Å². The highest BCUT2D eigenvalue weighted by Gasteiger charge is 2.27. The molecule has 0 radical (unpaired) electrons. The number of carbonyl (C=O) groups is 3. The Hall–Kier alpha value is -3.86. The number of methoxy groups -OCH3 is 1. The van der Waals surface area contributed by atoms with E-state index in [4.69, 9.17) is 14.7 Å². The topological polar surface area (TPSA) is 118 Å². The van der Waals surface area contributed by atoms with E-state index in [1.807, 2.05) is 66.7 Å². The van der Waals surface area contributed by atoms with Crippen LogP contribution in [0.2, 0.25) is 0 Å². The Kier molecular flexibility index (Phi) is 10.3. The summed E-state index contributed by atoms with van der Waals surface area (Å²) in [6, 6.07) is 18.5. The number of unbranched alkanes of at least 4 members (excludes halogenated alkanes) is 1. The molecule has 0 unspecified atom stereocenters. The molecule has 0 saturated carbocycles. The largest absolute Gasteiger partial charge is 0.467 e. The molecule has 2 amide bonds. The lowest BCUT2D eigenvalue weighted by Crippen LogP contribution is -2.52. The maximum Gasteiger partial charge on any atom is 0.408 e. The minimum atomic E-state index is -0.969. The Morgan fingerprint density at radius 1 is 0.938 bits per heavy atom. The molecular formula is C24H27N3O5. The summed E-state index contributed by atoms with van der Waals surface area (Å²) < 4.78 is 10.0. The van der Waals surface area contributed by atoms with Gasteiger partial charge in [0.25, 0.3) is 0 Å². The van der Waals surface area contributed by atoms with Crippen LogP contribution in [-0.4, -0.2) is 37.2 Å². The lowest BCUT2D eigenvalue weighted by atomic mass is 10.0. The molecule has 0 aliphatic carbocycles. The minimum absolute atomic E-state index is 0.0608. The Morgan fingerprint density at radius 3 is 2.16 bits per heavy atom. The summed E-state index contributed by atoms with van der Waals surface area (Å²) in [7, 11) is 1.23. The number of ether oxygens (including phenoxy) is 2. The zero-order chi connectivity index (χ0) is 23.2. The van der Waals surface area contributed by atoms with E-state index in [0.717, 1.165) is 11.1 Å². The van der Waals surface area contributed by atoms with Crippen LogP contribution in [-0.2, 0) is 32.1 Å². The number of hydrogen-bond donors (Lipinski definition) is 2. The van der Waals surface area contributed by atoms with Gasteiger partial charge in [0.1, 0.15) is 18.7 Å². The molecule has 2 aromatic carbocycles. The van der Waals surface area contributed by atoms with Gasteiger partial charge in [-0.25, -0.2) is 9.59 Å². The summed E-state index contributed by atoms with van der Waals surface area (Å²) in [6.45, 7) is 0.0608. The molecule has 0 aromatic heterocycles. The second kappa shape index (κ2) is 13.4. The van der Waals surface area contributed by atoms with E-state index in [0.29, 0.717) is 6.42 Å². The third-order valence-electron chi connectivity index (χ3n) is 4.69. The summed E-state index contributed by atoms with van der Waals surface area (Å²) in [6.07, 6.45) is 0.388. The molecule has 0 saturated heterocycles. The highest BCUT2D eigenvalue weighted by atomic mass is 16.5. The molecule has 8 nitrogen and oxygen atoms in total. The van der Waals surface area contributed by atoms with Gasteiger partial charge in [-0.15, -0.1) is 0 Å². The molecule has 0 bridgehead atoms. The Balaban J connectivity index is 2.06. The fraction of sp³-hybridized carbons (Fsp3) is 0.333. The normalized spacial score (nSPS) is 12.0. The summed E-state index contributed by atoms with van der Waals surface area (Å²) in [4.78, 5) is 37.4. The van der Waals surface area contributed by atoms with Crippen molar-refractivity contribution in [3.63, 3.8) is 0 Å². The van der Waals surface area contributed by atoms with Crippen LogP contribution in [0, 0.1) is 11.3 Å². The van der Waals surface area contributed by atoms with Crippen LogP contribution < -0.4 is 10.6 Å². The zero-order valence-corrected chi connectivity index (χ0v) is 18.0. The molecule has 0 spiro atoms. The van der Waals surface area contributed by atoms with E-state index in [9.17, 15) is 14.4 Å². The van der Waals surface area contributed by atoms with Crippen molar-refractivity contribution in [2.45, 2.75) is 44.4 Å². The molecular weight excluding hydrogens is 410 g/mol. The number of nitriles is 1. The second-order valence-corrected chi connectivity index (χ2v) is 7.08. The van der Waals surface area contributed by atoms with E-state index in [-0.39, 0.29) is 25.9 Å². The third-order valence-corrected chi connectivity index (χ3v) is 4.69. The highest BCUT2D eigenvalue weighted by molar-refractivity contribution is 5.89. The summed E-state index contributed by atoms with van der Waals surface area (Å²) >= 11 is 0. The van der Waals surface area contributed by atoms with Gasteiger partial charge < -0.3 is 20.1 Å². The fourth-order valence-electron chi connectivity index (χ4n) is 3.01. The van der Waals surface area contributed by atoms with Gasteiger partial charge in [-0.1, -0.05) is 60.7 Å². The quantitative estimate of drug-likeness (QED) is 0.412. The van der Waals surface area contributed by atoms with Crippen LogP contribution in [0.3, 0.4) is 0 Å². The van der Waals surface area contributed by atoms with E-state index in [1.54, 1.807) is 0 Å². The Bertz CT molecular complexity index is 912. The van der Waals surface area contributed by atoms with Gasteiger partial charge in [0.05, 0.1) is 13.2 Å². The predicted molar refractivity (Wildman–Crippen MR) is 117 cm³/mol. The van der Waals surface area contributed by atoms with Crippen LogP contribution in [0.4, 0.5) is 4.79 Å². The van der Waals surface area contributed by atoms with Crippen molar-refractivity contribution in [1.82, 2.24) is 10.6 Å². The van der Waals surface area contributed by atoms with E-state index in [2.05, 4.69) is 10.6 Å². The number of alkyl carbamates (subject to hydrolysis) is 1. The molecule has 0 fully saturated rings. The monoisotopic (exact) mass is 437 g/mol. The van der Waals surface area contributed by atoms with Gasteiger partial charge in [-0.3, -0.25) is 4.79 Å². The van der Waals surface area contributed by atoms with Crippen LogP contribution in [0.15, 0.2) is 60.7 Å². The van der Waals surface area contributed by atoms with Crippen molar-refractivity contribution >= 4 is 18.0 Å². The number of hydrogen-bond acceptors (Lipinski definition) is 6. The maximum atomic E-state index is 13.0. The number of amides is 2. The van der Waals surface area contributed by atoms with Gasteiger partial charge in [0.15, 0.2) is 0 Å². The van der Waals surface area contributed by atoms with Crippen molar-refractivity contribution in [2.24, 2.45) is 0 Å². The van der Waals surface area contributed by atoms with Crippen LogP contribution in [0.5, 0.6) is 0 Å². The van der Waals surface area contributed by atoms with Crippen molar-refractivity contribution in [3.8, 4) is 6.07 Å². The predicted octanol–water partition coefficient (Wildman–Crippen LogP) is 2.88. The maximum absolute atomic E-state index is 13.0. The molecule has 8 heteroatoms. The van der Waals surface area contributed by atoms with Gasteiger partial charge in [-0.05, 0) is 24.0 Å². The summed E-state index contributed by atoms with van der Waals surface area (Å²) in [5.41, 5.74) is 1.64. The molecule has 2 N–H and O–H groups in total. The van der Waals surface area contributed by atoms with E-state index < -0.39 is 30.1 Å². The fourth-order valence-corrected chi connectivity index (χ4v) is 3.01. The lowest BCUT2D eigenvalue weighted by Gasteiger charge is -2.22. The highest BCUT2D eigenvalue weighted by Crippen LogP contribution is 2.08. The number of benzene rings is 2. The average Bonchev–Trinajstić information content (AvgIpc) is 2.82. The van der Waals surface area contributed by atoms with Crippen molar-refractivity contribution in [3.05, 3.63) is 71.8 Å². The molecule has 2 rings (SSSR count). The first kappa shape index (κ1) is 24.4. The molecule has 2 atom stereocenters. The molecule has 0 heterocycles.